The van der Waals surface area contributed by atoms with Gasteiger partial charge in [0.25, 0.3) is 5.91 Å². The number of hydrogen-bond acceptors (Lipinski definition) is 4. The van der Waals surface area contributed by atoms with Crippen molar-refractivity contribution in [3.05, 3.63) is 45.9 Å². The molecule has 0 aliphatic heterocycles. The SMILES string of the molecule is Cc1ncsc1C(C)Nc1ccc(C(=O)NC2CC2)cc1. The van der Waals surface area contributed by atoms with E-state index >= 15 is 0 Å². The fourth-order valence-electron chi connectivity index (χ4n) is 2.26. The average Bonchev–Trinajstić information content (AvgIpc) is 3.18. The second-order valence-corrected chi connectivity index (χ2v) is 6.38. The summed E-state index contributed by atoms with van der Waals surface area (Å²) < 4.78 is 0. The number of rotatable bonds is 5. The van der Waals surface area contributed by atoms with Crippen molar-refractivity contribution in [1.29, 1.82) is 0 Å². The van der Waals surface area contributed by atoms with E-state index < -0.39 is 0 Å². The number of nitrogens with zero attached hydrogens (tertiary/aromatic N) is 1. The van der Waals surface area contributed by atoms with Crippen molar-refractivity contribution >= 4 is 22.9 Å². The summed E-state index contributed by atoms with van der Waals surface area (Å²) in [5.74, 6) is 0.0235. The van der Waals surface area contributed by atoms with Gasteiger partial charge in [0.15, 0.2) is 0 Å². The molecule has 5 heteroatoms. The van der Waals surface area contributed by atoms with Crippen LogP contribution in [0.2, 0.25) is 0 Å². The third-order valence-corrected chi connectivity index (χ3v) is 4.73. The van der Waals surface area contributed by atoms with Crippen LogP contribution >= 0.6 is 11.3 Å². The number of nitrogens with one attached hydrogen (secondary N) is 2. The summed E-state index contributed by atoms with van der Waals surface area (Å²) in [6.07, 6.45) is 2.22. The minimum absolute atomic E-state index is 0.0235. The first-order valence-corrected chi connectivity index (χ1v) is 8.09. The lowest BCUT2D eigenvalue weighted by Crippen LogP contribution is -2.25. The van der Waals surface area contributed by atoms with Crippen LogP contribution < -0.4 is 10.6 Å². The zero-order valence-electron chi connectivity index (χ0n) is 12.2. The van der Waals surface area contributed by atoms with E-state index in [-0.39, 0.29) is 11.9 Å². The Labute approximate surface area is 128 Å². The first-order valence-electron chi connectivity index (χ1n) is 7.21. The molecule has 21 heavy (non-hydrogen) atoms. The maximum atomic E-state index is 11.9. The van der Waals surface area contributed by atoms with Gasteiger partial charge >= 0.3 is 0 Å². The molecule has 0 saturated heterocycles. The number of anilines is 1. The Bertz CT molecular complexity index is 631. The van der Waals surface area contributed by atoms with Crippen molar-refractivity contribution < 1.29 is 4.79 Å². The summed E-state index contributed by atoms with van der Waals surface area (Å²) in [5.41, 5.74) is 4.67. The van der Waals surface area contributed by atoms with E-state index in [0.717, 1.165) is 24.2 Å². The molecule has 1 amide bonds. The summed E-state index contributed by atoms with van der Waals surface area (Å²) >= 11 is 1.66. The van der Waals surface area contributed by atoms with Gasteiger partial charge in [-0.2, -0.15) is 0 Å². The van der Waals surface area contributed by atoms with Crippen molar-refractivity contribution in [2.45, 2.75) is 38.8 Å². The number of hydrogen-bond donors (Lipinski definition) is 2. The lowest BCUT2D eigenvalue weighted by molar-refractivity contribution is 0.0951. The smallest absolute Gasteiger partial charge is 0.251 e. The van der Waals surface area contributed by atoms with E-state index in [1.807, 2.05) is 36.7 Å². The largest absolute Gasteiger partial charge is 0.378 e. The van der Waals surface area contributed by atoms with Crippen molar-refractivity contribution in [3.63, 3.8) is 0 Å². The first kappa shape index (κ1) is 14.1. The van der Waals surface area contributed by atoms with Crippen LogP contribution in [0.5, 0.6) is 0 Å². The van der Waals surface area contributed by atoms with Crippen molar-refractivity contribution in [3.8, 4) is 0 Å². The molecule has 1 saturated carbocycles. The molecule has 0 spiro atoms. The van der Waals surface area contributed by atoms with Crippen LogP contribution in [-0.2, 0) is 0 Å². The third-order valence-electron chi connectivity index (χ3n) is 3.62. The monoisotopic (exact) mass is 301 g/mol. The van der Waals surface area contributed by atoms with Gasteiger partial charge in [-0.1, -0.05) is 0 Å². The van der Waals surface area contributed by atoms with E-state index in [9.17, 15) is 4.79 Å². The molecule has 2 aromatic rings. The summed E-state index contributed by atoms with van der Waals surface area (Å²) in [4.78, 5) is 17.4. The highest BCUT2D eigenvalue weighted by Gasteiger charge is 2.23. The van der Waals surface area contributed by atoms with Gasteiger partial charge in [0.2, 0.25) is 0 Å². The standard InChI is InChI=1S/C16H19N3OS/c1-10-15(21-9-17-10)11(2)18-13-5-3-12(4-6-13)16(20)19-14-7-8-14/h3-6,9,11,14,18H,7-8H2,1-2H3,(H,19,20). The molecule has 1 atom stereocenters. The molecule has 0 bridgehead atoms. The molecule has 0 radical (unpaired) electrons. The van der Waals surface area contributed by atoms with E-state index in [1.54, 1.807) is 11.3 Å². The van der Waals surface area contributed by atoms with Gasteiger partial charge in [-0.25, -0.2) is 4.98 Å². The Kier molecular flexibility index (Phi) is 3.92. The number of carbonyl (C=O) groups excluding carboxylic acids is 1. The number of aromatic nitrogens is 1. The number of thiazole rings is 1. The summed E-state index contributed by atoms with van der Waals surface area (Å²) in [5, 5.41) is 6.44. The van der Waals surface area contributed by atoms with Gasteiger partial charge in [-0.05, 0) is 51.0 Å². The normalized spacial score (nSPS) is 15.5. The van der Waals surface area contributed by atoms with Crippen LogP contribution in [0.4, 0.5) is 5.69 Å². The Morgan fingerprint density at radius 3 is 2.62 bits per heavy atom. The number of benzene rings is 1. The average molecular weight is 301 g/mol. The molecule has 1 unspecified atom stereocenters. The van der Waals surface area contributed by atoms with Crippen LogP contribution in [0.1, 0.15) is 46.7 Å². The summed E-state index contributed by atoms with van der Waals surface area (Å²) in [7, 11) is 0. The van der Waals surface area contributed by atoms with Crippen molar-refractivity contribution in [2.75, 3.05) is 5.32 Å². The van der Waals surface area contributed by atoms with E-state index in [1.165, 1.54) is 4.88 Å². The third kappa shape index (κ3) is 3.42. The zero-order chi connectivity index (χ0) is 14.8. The van der Waals surface area contributed by atoms with Crippen LogP contribution in [0, 0.1) is 6.92 Å². The Morgan fingerprint density at radius 2 is 2.05 bits per heavy atom. The number of carbonyl (C=O) groups is 1. The zero-order valence-corrected chi connectivity index (χ0v) is 13.0. The quantitative estimate of drug-likeness (QED) is 0.888. The van der Waals surface area contributed by atoms with Crippen LogP contribution in [0.15, 0.2) is 29.8 Å². The van der Waals surface area contributed by atoms with Crippen LogP contribution in [0.3, 0.4) is 0 Å². The first-order chi connectivity index (χ1) is 10.1. The van der Waals surface area contributed by atoms with Gasteiger partial charge < -0.3 is 10.6 Å². The van der Waals surface area contributed by atoms with Gasteiger partial charge in [-0.3, -0.25) is 4.79 Å². The molecule has 1 aliphatic carbocycles. The van der Waals surface area contributed by atoms with Crippen molar-refractivity contribution in [2.24, 2.45) is 0 Å². The second kappa shape index (κ2) is 5.85. The highest BCUT2D eigenvalue weighted by atomic mass is 32.1. The summed E-state index contributed by atoms with van der Waals surface area (Å²) in [6, 6.07) is 8.25. The van der Waals surface area contributed by atoms with Gasteiger partial charge in [0.05, 0.1) is 17.2 Å². The van der Waals surface area contributed by atoms with E-state index in [0.29, 0.717) is 11.6 Å². The minimum atomic E-state index is 0.0235. The number of amides is 1. The van der Waals surface area contributed by atoms with Gasteiger partial charge in [0.1, 0.15) is 0 Å². The molecule has 1 aliphatic rings. The molecule has 4 nitrogen and oxygen atoms in total. The molecule has 1 aromatic heterocycles. The van der Waals surface area contributed by atoms with Crippen LogP contribution in [-0.4, -0.2) is 16.9 Å². The molecule has 3 rings (SSSR count). The second-order valence-electron chi connectivity index (χ2n) is 5.49. The van der Waals surface area contributed by atoms with Crippen molar-refractivity contribution in [1.82, 2.24) is 10.3 Å². The molecule has 1 aromatic carbocycles. The summed E-state index contributed by atoms with van der Waals surface area (Å²) in [6.45, 7) is 4.14. The highest BCUT2D eigenvalue weighted by Crippen LogP contribution is 2.25. The minimum Gasteiger partial charge on any atom is -0.378 e. The van der Waals surface area contributed by atoms with Gasteiger partial charge in [-0.15, -0.1) is 11.3 Å². The van der Waals surface area contributed by atoms with Crippen LogP contribution in [0.25, 0.3) is 0 Å². The lowest BCUT2D eigenvalue weighted by atomic mass is 10.1. The maximum Gasteiger partial charge on any atom is 0.251 e. The topological polar surface area (TPSA) is 54.0 Å². The maximum absolute atomic E-state index is 11.9. The Morgan fingerprint density at radius 1 is 1.33 bits per heavy atom. The van der Waals surface area contributed by atoms with E-state index in [4.69, 9.17) is 0 Å². The molecule has 110 valence electrons. The fourth-order valence-corrected chi connectivity index (χ4v) is 3.07. The molecular weight excluding hydrogens is 282 g/mol. The molecular formula is C16H19N3OS. The predicted octanol–water partition coefficient (Wildman–Crippen LogP) is 3.52. The molecule has 1 heterocycles. The van der Waals surface area contributed by atoms with Gasteiger partial charge in [0, 0.05) is 22.2 Å². The molecule has 2 N–H and O–H groups in total. The lowest BCUT2D eigenvalue weighted by Gasteiger charge is -2.14. The van der Waals surface area contributed by atoms with E-state index in [2.05, 4.69) is 22.5 Å². The number of aryl methyl sites for hydroxylation is 1. The Balaban J connectivity index is 1.63. The Hall–Kier alpha value is -1.88. The predicted molar refractivity (Wildman–Crippen MR) is 85.8 cm³/mol. The fraction of sp³-hybridized carbons (Fsp3) is 0.375. The highest BCUT2D eigenvalue weighted by molar-refractivity contribution is 7.09. The molecule has 1 fully saturated rings.